The lowest BCUT2D eigenvalue weighted by atomic mass is 9.92. The SMILES string of the molecule is Cc1nnc(CNC(=O)[C@@H]2CCOc3ccc(Cl)cc32)n1C1CC1. The third-order valence-electron chi connectivity index (χ3n) is 4.60. The number of halogens is 1. The first-order valence-corrected chi connectivity index (χ1v) is 8.61. The number of nitrogens with one attached hydrogen (secondary N) is 1. The highest BCUT2D eigenvalue weighted by Gasteiger charge is 2.30. The highest BCUT2D eigenvalue weighted by molar-refractivity contribution is 6.30. The summed E-state index contributed by atoms with van der Waals surface area (Å²) < 4.78 is 7.75. The van der Waals surface area contributed by atoms with E-state index in [0.717, 1.165) is 35.8 Å². The molecule has 2 heterocycles. The number of aromatic nitrogens is 3. The molecule has 1 N–H and O–H groups in total. The molecule has 1 fully saturated rings. The predicted molar refractivity (Wildman–Crippen MR) is 89.2 cm³/mol. The highest BCUT2D eigenvalue weighted by atomic mass is 35.5. The third kappa shape index (κ3) is 2.86. The number of rotatable bonds is 4. The van der Waals surface area contributed by atoms with E-state index in [4.69, 9.17) is 16.3 Å². The fourth-order valence-corrected chi connectivity index (χ4v) is 3.45. The van der Waals surface area contributed by atoms with Crippen LogP contribution in [-0.2, 0) is 11.3 Å². The molecule has 1 aliphatic heterocycles. The molecule has 24 heavy (non-hydrogen) atoms. The molecule has 0 bridgehead atoms. The average Bonchev–Trinajstić information content (AvgIpc) is 3.35. The number of carbonyl (C=O) groups excluding carboxylic acids is 1. The van der Waals surface area contributed by atoms with Gasteiger partial charge in [-0.3, -0.25) is 4.79 Å². The Morgan fingerprint density at radius 2 is 2.21 bits per heavy atom. The van der Waals surface area contributed by atoms with Crippen LogP contribution in [-0.4, -0.2) is 27.3 Å². The summed E-state index contributed by atoms with van der Waals surface area (Å²) in [5.74, 6) is 2.20. The lowest BCUT2D eigenvalue weighted by Crippen LogP contribution is -2.32. The van der Waals surface area contributed by atoms with Crippen molar-refractivity contribution in [2.24, 2.45) is 0 Å². The minimum atomic E-state index is -0.245. The Labute approximate surface area is 145 Å². The Balaban J connectivity index is 1.49. The summed E-state index contributed by atoms with van der Waals surface area (Å²) in [5, 5.41) is 12.0. The van der Waals surface area contributed by atoms with Crippen LogP contribution >= 0.6 is 11.6 Å². The molecule has 2 aliphatic rings. The molecule has 0 saturated heterocycles. The first-order chi connectivity index (χ1) is 11.6. The lowest BCUT2D eigenvalue weighted by Gasteiger charge is -2.25. The van der Waals surface area contributed by atoms with Crippen molar-refractivity contribution >= 4 is 17.5 Å². The zero-order valence-electron chi connectivity index (χ0n) is 13.5. The van der Waals surface area contributed by atoms with Crippen LogP contribution in [0.15, 0.2) is 18.2 Å². The van der Waals surface area contributed by atoms with Crippen molar-refractivity contribution in [1.82, 2.24) is 20.1 Å². The summed E-state index contributed by atoms with van der Waals surface area (Å²) in [6.45, 7) is 2.88. The number of hydrogen-bond acceptors (Lipinski definition) is 4. The van der Waals surface area contributed by atoms with Gasteiger partial charge in [0.2, 0.25) is 5.91 Å². The predicted octanol–water partition coefficient (Wildman–Crippen LogP) is 2.76. The Morgan fingerprint density at radius 3 is 3.00 bits per heavy atom. The molecule has 4 rings (SSSR count). The Hall–Kier alpha value is -2.08. The van der Waals surface area contributed by atoms with E-state index in [0.29, 0.717) is 30.6 Å². The smallest absolute Gasteiger partial charge is 0.228 e. The molecule has 1 aromatic carbocycles. The minimum Gasteiger partial charge on any atom is -0.493 e. The van der Waals surface area contributed by atoms with E-state index in [-0.39, 0.29) is 11.8 Å². The van der Waals surface area contributed by atoms with Gasteiger partial charge in [0, 0.05) is 16.6 Å². The summed E-state index contributed by atoms with van der Waals surface area (Å²) >= 11 is 6.08. The monoisotopic (exact) mass is 346 g/mol. The van der Waals surface area contributed by atoms with Gasteiger partial charge >= 0.3 is 0 Å². The molecule has 126 valence electrons. The van der Waals surface area contributed by atoms with Crippen molar-refractivity contribution in [3.8, 4) is 5.75 Å². The van der Waals surface area contributed by atoms with E-state index >= 15 is 0 Å². The molecular formula is C17H19ClN4O2. The molecule has 2 aromatic rings. The van der Waals surface area contributed by atoms with Crippen molar-refractivity contribution in [2.45, 2.75) is 44.7 Å². The molecular weight excluding hydrogens is 328 g/mol. The molecule has 1 saturated carbocycles. The first-order valence-electron chi connectivity index (χ1n) is 8.24. The van der Waals surface area contributed by atoms with Crippen LogP contribution in [0.3, 0.4) is 0 Å². The summed E-state index contributed by atoms with van der Waals surface area (Å²) in [5.41, 5.74) is 0.853. The van der Waals surface area contributed by atoms with Gasteiger partial charge in [-0.1, -0.05) is 11.6 Å². The largest absolute Gasteiger partial charge is 0.493 e. The van der Waals surface area contributed by atoms with Crippen LogP contribution in [0.2, 0.25) is 5.02 Å². The number of amides is 1. The van der Waals surface area contributed by atoms with E-state index < -0.39 is 0 Å². The molecule has 1 aliphatic carbocycles. The van der Waals surface area contributed by atoms with E-state index in [1.807, 2.05) is 19.1 Å². The van der Waals surface area contributed by atoms with Crippen molar-refractivity contribution in [3.05, 3.63) is 40.4 Å². The number of fused-ring (bicyclic) bond motifs is 1. The lowest BCUT2D eigenvalue weighted by molar-refractivity contribution is -0.123. The molecule has 1 aromatic heterocycles. The fraction of sp³-hybridized carbons (Fsp3) is 0.471. The minimum absolute atomic E-state index is 0.0233. The van der Waals surface area contributed by atoms with Gasteiger partial charge in [-0.05, 0) is 44.4 Å². The Kier molecular flexibility index (Phi) is 3.92. The molecule has 1 atom stereocenters. The molecule has 0 spiro atoms. The number of ether oxygens (including phenoxy) is 1. The van der Waals surface area contributed by atoms with Crippen LogP contribution < -0.4 is 10.1 Å². The van der Waals surface area contributed by atoms with Crippen molar-refractivity contribution in [2.75, 3.05) is 6.61 Å². The Bertz CT molecular complexity index is 785. The van der Waals surface area contributed by atoms with Crippen molar-refractivity contribution < 1.29 is 9.53 Å². The quantitative estimate of drug-likeness (QED) is 0.924. The maximum atomic E-state index is 12.7. The van der Waals surface area contributed by atoms with Crippen molar-refractivity contribution in [3.63, 3.8) is 0 Å². The molecule has 0 unspecified atom stereocenters. The van der Waals surface area contributed by atoms with Crippen LogP contribution in [0.4, 0.5) is 0 Å². The van der Waals surface area contributed by atoms with Gasteiger partial charge in [0.05, 0.1) is 19.1 Å². The topological polar surface area (TPSA) is 69.0 Å². The first kappa shape index (κ1) is 15.4. The van der Waals surface area contributed by atoms with Gasteiger partial charge in [-0.15, -0.1) is 10.2 Å². The van der Waals surface area contributed by atoms with Crippen molar-refractivity contribution in [1.29, 1.82) is 0 Å². The zero-order chi connectivity index (χ0) is 16.7. The van der Waals surface area contributed by atoms with E-state index in [2.05, 4.69) is 20.1 Å². The molecule has 7 heteroatoms. The van der Waals surface area contributed by atoms with Gasteiger partial charge in [0.25, 0.3) is 0 Å². The van der Waals surface area contributed by atoms with Gasteiger partial charge in [0.1, 0.15) is 11.6 Å². The number of nitrogens with zero attached hydrogens (tertiary/aromatic N) is 3. The summed E-state index contributed by atoms with van der Waals surface area (Å²) in [6, 6.07) is 5.91. The van der Waals surface area contributed by atoms with Gasteiger partial charge in [-0.2, -0.15) is 0 Å². The van der Waals surface area contributed by atoms with E-state index in [9.17, 15) is 4.79 Å². The summed E-state index contributed by atoms with van der Waals surface area (Å²) in [4.78, 5) is 12.7. The number of carbonyl (C=O) groups is 1. The zero-order valence-corrected chi connectivity index (χ0v) is 14.2. The average molecular weight is 347 g/mol. The number of hydrogen-bond donors (Lipinski definition) is 1. The number of aryl methyl sites for hydroxylation is 1. The Morgan fingerprint density at radius 1 is 1.38 bits per heavy atom. The summed E-state index contributed by atoms with van der Waals surface area (Å²) in [7, 11) is 0. The number of benzene rings is 1. The second-order valence-electron chi connectivity index (χ2n) is 6.35. The highest BCUT2D eigenvalue weighted by Crippen LogP contribution is 2.37. The van der Waals surface area contributed by atoms with E-state index in [1.54, 1.807) is 6.07 Å². The second-order valence-corrected chi connectivity index (χ2v) is 6.79. The van der Waals surface area contributed by atoms with Crippen LogP contribution in [0, 0.1) is 6.92 Å². The van der Waals surface area contributed by atoms with Crippen LogP contribution in [0.1, 0.15) is 48.4 Å². The van der Waals surface area contributed by atoms with Crippen LogP contribution in [0.25, 0.3) is 0 Å². The maximum Gasteiger partial charge on any atom is 0.228 e. The maximum absolute atomic E-state index is 12.7. The second kappa shape index (κ2) is 6.09. The summed E-state index contributed by atoms with van der Waals surface area (Å²) in [6.07, 6.45) is 2.96. The molecule has 6 nitrogen and oxygen atoms in total. The fourth-order valence-electron chi connectivity index (χ4n) is 3.27. The molecule has 1 amide bonds. The van der Waals surface area contributed by atoms with E-state index in [1.165, 1.54) is 0 Å². The van der Waals surface area contributed by atoms with Gasteiger partial charge < -0.3 is 14.6 Å². The normalized spacial score (nSPS) is 19.5. The molecule has 0 radical (unpaired) electrons. The third-order valence-corrected chi connectivity index (χ3v) is 4.83. The standard InChI is InChI=1S/C17H19ClN4O2/c1-10-20-21-16(22(10)12-3-4-12)9-19-17(23)13-6-7-24-15-5-2-11(18)8-14(13)15/h2,5,8,12-13H,3-4,6-7,9H2,1H3,(H,19,23)/t13-/m1/s1. The van der Waals surface area contributed by atoms with Gasteiger partial charge in [-0.25, -0.2) is 0 Å². The van der Waals surface area contributed by atoms with Crippen LogP contribution in [0.5, 0.6) is 5.75 Å². The van der Waals surface area contributed by atoms with Gasteiger partial charge in [0.15, 0.2) is 5.82 Å².